The largest absolute Gasteiger partial charge is 0.494 e. The highest BCUT2D eigenvalue weighted by atomic mass is 16.5. The molecule has 4 heteroatoms. The first-order valence-corrected chi connectivity index (χ1v) is 12.4. The summed E-state index contributed by atoms with van der Waals surface area (Å²) in [6, 6.07) is 17.7. The quantitative estimate of drug-likeness (QED) is 0.511. The lowest BCUT2D eigenvalue weighted by molar-refractivity contribution is 0.0697. The lowest BCUT2D eigenvalue weighted by atomic mass is 9.98. The zero-order valence-electron chi connectivity index (χ0n) is 19.9. The highest BCUT2D eigenvalue weighted by Gasteiger charge is 2.26. The molecule has 2 aliphatic rings. The maximum absolute atomic E-state index is 12.8. The van der Waals surface area contributed by atoms with Crippen LogP contribution in [0.5, 0.6) is 5.75 Å². The highest BCUT2D eigenvalue weighted by Crippen LogP contribution is 2.25. The summed E-state index contributed by atoms with van der Waals surface area (Å²) in [5.74, 6) is 1.80. The van der Waals surface area contributed by atoms with Gasteiger partial charge in [-0.3, -0.25) is 9.69 Å². The minimum atomic E-state index is 0.157. The molecule has 2 heterocycles. The molecule has 0 saturated carbocycles. The van der Waals surface area contributed by atoms with Crippen LogP contribution in [0, 0.1) is 5.92 Å². The lowest BCUT2D eigenvalue weighted by Gasteiger charge is -2.30. The maximum Gasteiger partial charge on any atom is 0.253 e. The fraction of sp³-hybridized carbons (Fsp3) is 0.536. The van der Waals surface area contributed by atoms with Crippen molar-refractivity contribution >= 4 is 5.91 Å². The smallest absolute Gasteiger partial charge is 0.253 e. The molecule has 4 nitrogen and oxygen atoms in total. The first-order valence-electron chi connectivity index (χ1n) is 12.4. The molecule has 1 amide bonds. The van der Waals surface area contributed by atoms with Gasteiger partial charge in [-0.15, -0.1) is 0 Å². The van der Waals surface area contributed by atoms with E-state index in [1.54, 1.807) is 0 Å². The number of carbonyl (C=O) groups is 1. The number of hydrogen-bond donors (Lipinski definition) is 0. The van der Waals surface area contributed by atoms with Crippen LogP contribution in [-0.4, -0.2) is 54.0 Å². The minimum Gasteiger partial charge on any atom is -0.494 e. The molecular weight excluding hydrogens is 396 g/mol. The number of piperidine rings is 1. The molecule has 0 aromatic heterocycles. The predicted octanol–water partition coefficient (Wildman–Crippen LogP) is 5.87. The van der Waals surface area contributed by atoms with Crippen molar-refractivity contribution in [3.05, 3.63) is 54.1 Å². The van der Waals surface area contributed by atoms with E-state index in [-0.39, 0.29) is 5.91 Å². The topological polar surface area (TPSA) is 32.8 Å². The van der Waals surface area contributed by atoms with Crippen LogP contribution in [0.15, 0.2) is 48.5 Å². The average molecular weight is 435 g/mol. The van der Waals surface area contributed by atoms with Crippen molar-refractivity contribution in [2.24, 2.45) is 5.92 Å². The molecule has 2 aliphatic heterocycles. The summed E-state index contributed by atoms with van der Waals surface area (Å²) in [7, 11) is 0. The summed E-state index contributed by atoms with van der Waals surface area (Å²) in [6.45, 7) is 10.5. The van der Waals surface area contributed by atoms with Crippen LogP contribution in [-0.2, 0) is 0 Å². The van der Waals surface area contributed by atoms with Crippen LogP contribution in [0.2, 0.25) is 0 Å². The SMILES string of the molecule is CC1CCN(C(=O)c2ccc(-c3ccc(OCCCN4[C@H](C)CC[C@H]4C)cc3)cc2)CC1. The van der Waals surface area contributed by atoms with Gasteiger partial charge in [-0.25, -0.2) is 0 Å². The Bertz CT molecular complexity index is 859. The standard InChI is InChI=1S/C28H38N2O2/c1-21-15-18-29(19-16-21)28(31)26-9-7-24(8-10-26)25-11-13-27(14-12-25)32-20-4-17-30-22(2)5-6-23(30)3/h7-14,21-23H,4-6,15-20H2,1-3H3/t22-,23-/m1/s1. The van der Waals surface area contributed by atoms with Gasteiger partial charge in [0.05, 0.1) is 6.61 Å². The molecule has 0 unspecified atom stereocenters. The zero-order valence-corrected chi connectivity index (χ0v) is 19.9. The number of nitrogens with zero attached hydrogens (tertiary/aromatic N) is 2. The molecule has 2 aromatic carbocycles. The van der Waals surface area contributed by atoms with Crippen molar-refractivity contribution in [3.63, 3.8) is 0 Å². The zero-order chi connectivity index (χ0) is 22.5. The van der Waals surface area contributed by atoms with Gasteiger partial charge in [0.25, 0.3) is 5.91 Å². The molecule has 0 aliphatic carbocycles. The van der Waals surface area contributed by atoms with Crippen molar-refractivity contribution in [2.45, 2.75) is 65.0 Å². The van der Waals surface area contributed by atoms with E-state index in [1.165, 1.54) is 12.8 Å². The number of amides is 1. The first kappa shape index (κ1) is 22.8. The Labute approximate surface area is 193 Å². The van der Waals surface area contributed by atoms with Gasteiger partial charge in [-0.1, -0.05) is 31.2 Å². The summed E-state index contributed by atoms with van der Waals surface area (Å²) in [4.78, 5) is 17.3. The lowest BCUT2D eigenvalue weighted by Crippen LogP contribution is -2.37. The molecule has 0 spiro atoms. The third kappa shape index (κ3) is 5.53. The van der Waals surface area contributed by atoms with E-state index >= 15 is 0 Å². The fourth-order valence-electron chi connectivity index (χ4n) is 5.07. The maximum atomic E-state index is 12.8. The van der Waals surface area contributed by atoms with E-state index < -0.39 is 0 Å². The molecule has 2 atom stereocenters. The van der Waals surface area contributed by atoms with E-state index in [2.05, 4.69) is 37.8 Å². The Morgan fingerprint density at radius 2 is 1.41 bits per heavy atom. The number of hydrogen-bond acceptors (Lipinski definition) is 3. The molecule has 4 rings (SSSR count). The summed E-state index contributed by atoms with van der Waals surface area (Å²) >= 11 is 0. The van der Waals surface area contributed by atoms with Crippen molar-refractivity contribution in [1.82, 2.24) is 9.80 Å². The van der Waals surface area contributed by atoms with Gasteiger partial charge in [-0.05, 0) is 87.3 Å². The fourth-order valence-corrected chi connectivity index (χ4v) is 5.07. The average Bonchev–Trinajstić information content (AvgIpc) is 3.14. The van der Waals surface area contributed by atoms with Crippen LogP contribution in [0.25, 0.3) is 11.1 Å². The Kier molecular flexibility index (Phi) is 7.51. The van der Waals surface area contributed by atoms with Crippen LogP contribution in [0.3, 0.4) is 0 Å². The third-order valence-corrected chi connectivity index (χ3v) is 7.35. The second-order valence-electron chi connectivity index (χ2n) is 9.79. The molecule has 0 bridgehead atoms. The first-order chi connectivity index (χ1) is 15.5. The van der Waals surface area contributed by atoms with Gasteiger partial charge in [0, 0.05) is 37.3 Å². The van der Waals surface area contributed by atoms with Gasteiger partial charge in [0.15, 0.2) is 0 Å². The minimum absolute atomic E-state index is 0.157. The van der Waals surface area contributed by atoms with Crippen LogP contribution < -0.4 is 4.74 Å². The van der Waals surface area contributed by atoms with Crippen LogP contribution >= 0.6 is 0 Å². The summed E-state index contributed by atoms with van der Waals surface area (Å²) in [6.07, 6.45) is 5.90. The number of ether oxygens (including phenoxy) is 1. The van der Waals surface area contributed by atoms with Gasteiger partial charge in [-0.2, -0.15) is 0 Å². The third-order valence-electron chi connectivity index (χ3n) is 7.35. The molecule has 172 valence electrons. The molecule has 0 radical (unpaired) electrons. The molecule has 2 aromatic rings. The van der Waals surface area contributed by atoms with Crippen molar-refractivity contribution < 1.29 is 9.53 Å². The Balaban J connectivity index is 1.26. The van der Waals surface area contributed by atoms with Crippen LogP contribution in [0.1, 0.15) is 63.2 Å². The Hall–Kier alpha value is -2.33. The van der Waals surface area contributed by atoms with E-state index in [0.717, 1.165) is 73.9 Å². The summed E-state index contributed by atoms with van der Waals surface area (Å²) in [5.41, 5.74) is 3.05. The van der Waals surface area contributed by atoms with E-state index in [4.69, 9.17) is 4.74 Å². The normalized spacial score (nSPS) is 22.3. The Morgan fingerprint density at radius 3 is 2.00 bits per heavy atom. The second-order valence-corrected chi connectivity index (χ2v) is 9.79. The summed E-state index contributed by atoms with van der Waals surface area (Å²) < 4.78 is 5.98. The number of benzene rings is 2. The van der Waals surface area contributed by atoms with Crippen molar-refractivity contribution in [1.29, 1.82) is 0 Å². The summed E-state index contributed by atoms with van der Waals surface area (Å²) in [5, 5.41) is 0. The van der Waals surface area contributed by atoms with Gasteiger partial charge in [0.2, 0.25) is 0 Å². The van der Waals surface area contributed by atoms with E-state index in [0.29, 0.717) is 12.1 Å². The van der Waals surface area contributed by atoms with Crippen LogP contribution in [0.4, 0.5) is 0 Å². The van der Waals surface area contributed by atoms with E-state index in [1.807, 2.05) is 41.3 Å². The van der Waals surface area contributed by atoms with E-state index in [9.17, 15) is 4.79 Å². The van der Waals surface area contributed by atoms with Gasteiger partial charge in [0.1, 0.15) is 5.75 Å². The van der Waals surface area contributed by atoms with Gasteiger partial charge >= 0.3 is 0 Å². The molecule has 0 N–H and O–H groups in total. The monoisotopic (exact) mass is 434 g/mol. The Morgan fingerprint density at radius 1 is 0.844 bits per heavy atom. The number of likely N-dealkylation sites (tertiary alicyclic amines) is 2. The van der Waals surface area contributed by atoms with Crippen molar-refractivity contribution in [2.75, 3.05) is 26.2 Å². The predicted molar refractivity (Wildman–Crippen MR) is 131 cm³/mol. The molecule has 32 heavy (non-hydrogen) atoms. The number of rotatable bonds is 7. The highest BCUT2D eigenvalue weighted by molar-refractivity contribution is 5.94. The van der Waals surface area contributed by atoms with Crippen molar-refractivity contribution in [3.8, 4) is 16.9 Å². The molecule has 2 fully saturated rings. The number of carbonyl (C=O) groups excluding carboxylic acids is 1. The molecule has 2 saturated heterocycles. The molecular formula is C28H38N2O2. The van der Waals surface area contributed by atoms with Gasteiger partial charge < -0.3 is 9.64 Å². The second kappa shape index (κ2) is 10.5.